The Hall–Kier alpha value is -2.56. The molecule has 7 nitrogen and oxygen atoms in total. The number of ketones is 1. The van der Waals surface area contributed by atoms with E-state index in [1.54, 1.807) is 32.0 Å². The summed E-state index contributed by atoms with van der Waals surface area (Å²) in [7, 11) is -3.34. The first-order valence-electron chi connectivity index (χ1n) is 9.65. The Bertz CT molecular complexity index is 1250. The van der Waals surface area contributed by atoms with E-state index < -0.39 is 16.0 Å². The molecule has 0 radical (unpaired) electrons. The zero-order valence-electron chi connectivity index (χ0n) is 17.0. The molecule has 0 fully saturated rings. The van der Waals surface area contributed by atoms with Crippen LogP contribution in [0.1, 0.15) is 38.2 Å². The molecule has 0 atom stereocenters. The van der Waals surface area contributed by atoms with Gasteiger partial charge < -0.3 is 4.74 Å². The van der Waals surface area contributed by atoms with Crippen LogP contribution in [0, 0.1) is 6.92 Å². The Balaban J connectivity index is 1.44. The van der Waals surface area contributed by atoms with E-state index in [4.69, 9.17) is 4.74 Å². The third-order valence-corrected chi connectivity index (χ3v) is 8.96. The van der Waals surface area contributed by atoms with Crippen molar-refractivity contribution in [3.05, 3.63) is 57.4 Å². The van der Waals surface area contributed by atoms with Crippen molar-refractivity contribution in [1.29, 1.82) is 0 Å². The highest BCUT2D eigenvalue weighted by Crippen LogP contribution is 2.32. The summed E-state index contributed by atoms with van der Waals surface area (Å²) in [5.41, 5.74) is 2.37. The highest BCUT2D eigenvalue weighted by molar-refractivity contribution is 7.92. The monoisotopic (exact) mass is 476 g/mol. The zero-order valence-corrected chi connectivity index (χ0v) is 19.4. The molecule has 1 aliphatic rings. The van der Waals surface area contributed by atoms with E-state index in [1.807, 2.05) is 17.5 Å². The molecule has 0 amide bonds. The van der Waals surface area contributed by atoms with Crippen LogP contribution in [-0.2, 0) is 21.2 Å². The SMILES string of the molecule is CCS(=O)(=O)N1CCc2cc(C(=O)COC(=O)c3sc(-c4cccs4)nc3C)ccc21. The maximum atomic E-state index is 12.6. The van der Waals surface area contributed by atoms with Crippen LogP contribution in [0.4, 0.5) is 5.69 Å². The number of benzene rings is 1. The molecule has 0 aliphatic carbocycles. The third kappa shape index (κ3) is 4.28. The van der Waals surface area contributed by atoms with E-state index in [2.05, 4.69) is 4.98 Å². The lowest BCUT2D eigenvalue weighted by molar-refractivity contribution is 0.0478. The highest BCUT2D eigenvalue weighted by atomic mass is 32.2. The molecule has 10 heteroatoms. The predicted molar refractivity (Wildman–Crippen MR) is 122 cm³/mol. The number of esters is 1. The second-order valence-corrected chi connectivity index (χ2v) is 11.1. The van der Waals surface area contributed by atoms with Gasteiger partial charge in [-0.3, -0.25) is 9.10 Å². The van der Waals surface area contributed by atoms with Crippen LogP contribution < -0.4 is 4.31 Å². The highest BCUT2D eigenvalue weighted by Gasteiger charge is 2.28. The summed E-state index contributed by atoms with van der Waals surface area (Å²) in [6.45, 7) is 3.33. The fourth-order valence-electron chi connectivity index (χ4n) is 3.36. The molecule has 4 rings (SSSR count). The fraction of sp³-hybridized carbons (Fsp3) is 0.286. The van der Waals surface area contributed by atoms with Crippen molar-refractivity contribution in [1.82, 2.24) is 4.98 Å². The largest absolute Gasteiger partial charge is 0.453 e. The molecule has 3 aromatic rings. The molecule has 162 valence electrons. The molecule has 31 heavy (non-hydrogen) atoms. The van der Waals surface area contributed by atoms with Crippen LogP contribution in [0.3, 0.4) is 0 Å². The minimum absolute atomic E-state index is 0.0221. The first-order valence-corrected chi connectivity index (χ1v) is 13.0. The number of hydrogen-bond donors (Lipinski definition) is 0. The minimum atomic E-state index is -3.34. The third-order valence-electron chi connectivity index (χ3n) is 5.00. The summed E-state index contributed by atoms with van der Waals surface area (Å²) in [6, 6.07) is 8.75. The summed E-state index contributed by atoms with van der Waals surface area (Å²) in [5, 5.41) is 2.69. The second-order valence-electron chi connectivity index (χ2n) is 6.98. The molecular formula is C21H20N2O5S3. The Morgan fingerprint density at radius 3 is 2.77 bits per heavy atom. The Kier molecular flexibility index (Phi) is 5.96. The molecule has 0 unspecified atom stereocenters. The van der Waals surface area contributed by atoms with Gasteiger partial charge in [-0.05, 0) is 55.5 Å². The number of fused-ring (bicyclic) bond motifs is 1. The standard InChI is InChI=1S/C21H20N2O5S3/c1-3-31(26,27)23-9-8-14-11-15(6-7-16(14)23)17(24)12-28-21(25)19-13(2)22-20(30-19)18-5-4-10-29-18/h4-7,10-11H,3,8-9,12H2,1-2H3. The number of rotatable bonds is 7. The molecule has 0 saturated carbocycles. The van der Waals surface area contributed by atoms with Gasteiger partial charge in [0.15, 0.2) is 12.4 Å². The molecule has 0 spiro atoms. The van der Waals surface area contributed by atoms with E-state index in [0.717, 1.165) is 15.4 Å². The summed E-state index contributed by atoms with van der Waals surface area (Å²) < 4.78 is 31.0. The number of thiophene rings is 1. The van der Waals surface area contributed by atoms with Crippen LogP contribution in [0.5, 0.6) is 0 Å². The topological polar surface area (TPSA) is 93.6 Å². The molecule has 1 aromatic carbocycles. The molecule has 0 N–H and O–H groups in total. The van der Waals surface area contributed by atoms with Crippen LogP contribution in [0.2, 0.25) is 0 Å². The Morgan fingerprint density at radius 1 is 1.26 bits per heavy atom. The van der Waals surface area contributed by atoms with Crippen LogP contribution in [-0.4, -0.2) is 44.1 Å². The van der Waals surface area contributed by atoms with Crippen molar-refractivity contribution in [2.45, 2.75) is 20.3 Å². The first kappa shape index (κ1) is 21.7. The maximum Gasteiger partial charge on any atom is 0.350 e. The maximum absolute atomic E-state index is 12.6. The number of anilines is 1. The van der Waals surface area contributed by atoms with Gasteiger partial charge in [0.25, 0.3) is 0 Å². The van der Waals surface area contributed by atoms with Crippen molar-refractivity contribution >= 4 is 50.1 Å². The predicted octanol–water partition coefficient (Wildman–Crippen LogP) is 3.93. The second kappa shape index (κ2) is 8.52. The lowest BCUT2D eigenvalue weighted by Gasteiger charge is -2.18. The number of carbonyl (C=O) groups excluding carboxylic acids is 2. The van der Waals surface area contributed by atoms with E-state index >= 15 is 0 Å². The lowest BCUT2D eigenvalue weighted by Crippen LogP contribution is -2.30. The van der Waals surface area contributed by atoms with Crippen molar-refractivity contribution < 1.29 is 22.7 Å². The van der Waals surface area contributed by atoms with E-state index in [-0.39, 0.29) is 18.1 Å². The number of thiazole rings is 1. The van der Waals surface area contributed by atoms with Crippen molar-refractivity contribution in [3.8, 4) is 9.88 Å². The number of ether oxygens (including phenoxy) is 1. The van der Waals surface area contributed by atoms with Crippen molar-refractivity contribution in [3.63, 3.8) is 0 Å². The number of aryl methyl sites for hydroxylation is 1. The molecule has 2 aromatic heterocycles. The van der Waals surface area contributed by atoms with Gasteiger partial charge in [0.1, 0.15) is 9.88 Å². The van der Waals surface area contributed by atoms with Crippen LogP contribution in [0.15, 0.2) is 35.7 Å². The van der Waals surface area contributed by atoms with Crippen molar-refractivity contribution in [2.75, 3.05) is 23.2 Å². The lowest BCUT2D eigenvalue weighted by atomic mass is 10.1. The van der Waals surface area contributed by atoms with Gasteiger partial charge in [-0.1, -0.05) is 6.07 Å². The first-order chi connectivity index (χ1) is 14.8. The number of hydrogen-bond acceptors (Lipinski definition) is 8. The Labute approximate surface area is 188 Å². The number of nitrogens with zero attached hydrogens (tertiary/aromatic N) is 2. The van der Waals surface area contributed by atoms with Gasteiger partial charge >= 0.3 is 5.97 Å². The Morgan fingerprint density at radius 2 is 2.06 bits per heavy atom. The van der Waals surface area contributed by atoms with Gasteiger partial charge in [-0.15, -0.1) is 22.7 Å². The summed E-state index contributed by atoms with van der Waals surface area (Å²) >= 11 is 2.78. The van der Waals surface area contributed by atoms with Gasteiger partial charge in [-0.2, -0.15) is 0 Å². The molecule has 3 heterocycles. The van der Waals surface area contributed by atoms with Crippen molar-refractivity contribution in [2.24, 2.45) is 0 Å². The number of carbonyl (C=O) groups is 2. The number of Topliss-reactive ketones (excluding diaryl/α,β-unsaturated/α-hetero) is 1. The van der Waals surface area contributed by atoms with E-state index in [9.17, 15) is 18.0 Å². The van der Waals surface area contributed by atoms with Crippen LogP contribution in [0.25, 0.3) is 9.88 Å². The fourth-order valence-corrected chi connectivity index (χ4v) is 6.28. The summed E-state index contributed by atoms with van der Waals surface area (Å²) in [4.78, 5) is 30.8. The van der Waals surface area contributed by atoms with Crippen LogP contribution >= 0.6 is 22.7 Å². The number of sulfonamides is 1. The van der Waals surface area contributed by atoms with Gasteiger partial charge in [-0.25, -0.2) is 18.2 Å². The molecular weight excluding hydrogens is 456 g/mol. The normalized spacial score (nSPS) is 13.3. The zero-order chi connectivity index (χ0) is 22.2. The van der Waals surface area contributed by atoms with E-state index in [0.29, 0.717) is 34.8 Å². The average molecular weight is 477 g/mol. The molecule has 1 aliphatic heterocycles. The minimum Gasteiger partial charge on any atom is -0.453 e. The smallest absolute Gasteiger partial charge is 0.350 e. The van der Waals surface area contributed by atoms with E-state index in [1.165, 1.54) is 27.0 Å². The quantitative estimate of drug-likeness (QED) is 0.379. The average Bonchev–Trinajstić information content (AvgIpc) is 3.50. The molecule has 0 bridgehead atoms. The summed E-state index contributed by atoms with van der Waals surface area (Å²) in [5.74, 6) is -0.894. The van der Waals surface area contributed by atoms with Gasteiger partial charge in [0.2, 0.25) is 10.0 Å². The summed E-state index contributed by atoms with van der Waals surface area (Å²) in [6.07, 6.45) is 0.543. The number of aromatic nitrogens is 1. The van der Waals surface area contributed by atoms with Gasteiger partial charge in [0.05, 0.1) is 22.0 Å². The molecule has 0 saturated heterocycles. The van der Waals surface area contributed by atoms with Gasteiger partial charge in [0, 0.05) is 12.1 Å².